The molecule has 1 atom stereocenters. The highest BCUT2D eigenvalue weighted by Gasteiger charge is 2.32. The number of imidazole rings is 1. The van der Waals surface area contributed by atoms with E-state index in [-0.39, 0.29) is 11.5 Å². The van der Waals surface area contributed by atoms with Crippen LogP contribution in [0.15, 0.2) is 58.3 Å². The number of para-hydroxylation sites is 1. The van der Waals surface area contributed by atoms with Gasteiger partial charge in [-0.2, -0.15) is 0 Å². The predicted molar refractivity (Wildman–Crippen MR) is 103 cm³/mol. The molecular weight excluding hydrogens is 413 g/mol. The Kier molecular flexibility index (Phi) is 4.39. The maximum atomic E-state index is 14.6. The molecule has 136 valence electrons. The number of aromatic carboxylic acids is 1. The summed E-state index contributed by atoms with van der Waals surface area (Å²) in [5, 5.41) is 9.63. The lowest BCUT2D eigenvalue weighted by Gasteiger charge is -2.13. The van der Waals surface area contributed by atoms with Crippen molar-refractivity contribution in [3.05, 3.63) is 81.6 Å². The second-order valence-corrected chi connectivity index (χ2v) is 6.86. The quantitative estimate of drug-likeness (QED) is 0.654. The Balaban J connectivity index is 2.10. The van der Waals surface area contributed by atoms with Crippen LogP contribution in [-0.4, -0.2) is 26.3 Å². The topological polar surface area (TPSA) is 67.5 Å². The van der Waals surface area contributed by atoms with Crippen molar-refractivity contribution in [2.75, 3.05) is 0 Å². The zero-order valence-electron chi connectivity index (χ0n) is 14.4. The zero-order chi connectivity index (χ0) is 19.1. The molecule has 0 bridgehead atoms. The Morgan fingerprint density at radius 1 is 1.19 bits per heavy atom. The van der Waals surface area contributed by atoms with Crippen LogP contribution in [0.4, 0.5) is 4.39 Å². The van der Waals surface area contributed by atoms with E-state index in [9.17, 15) is 14.3 Å². The van der Waals surface area contributed by atoms with Gasteiger partial charge < -0.3 is 5.11 Å². The monoisotopic (exact) mass is 427 g/mol. The van der Waals surface area contributed by atoms with Crippen LogP contribution < -0.4 is 0 Å². The van der Waals surface area contributed by atoms with Crippen molar-refractivity contribution in [2.45, 2.75) is 19.4 Å². The molecule has 0 aliphatic carbocycles. The minimum atomic E-state index is -1.12. The molecule has 1 aliphatic heterocycles. The number of aliphatic imine (C=N–C) groups is 1. The molecule has 0 radical (unpaired) electrons. The summed E-state index contributed by atoms with van der Waals surface area (Å²) in [6.45, 7) is 1.92. The predicted octanol–water partition coefficient (Wildman–Crippen LogP) is 4.77. The van der Waals surface area contributed by atoms with Crippen LogP contribution in [0.3, 0.4) is 0 Å². The second kappa shape index (κ2) is 6.74. The van der Waals surface area contributed by atoms with E-state index in [1.165, 1.54) is 6.07 Å². The maximum absolute atomic E-state index is 14.6. The van der Waals surface area contributed by atoms with Gasteiger partial charge in [-0.1, -0.05) is 37.3 Å². The Hall–Kier alpha value is -2.80. The molecule has 1 N–H and O–H groups in total. The number of fused-ring (bicyclic) bond motifs is 3. The van der Waals surface area contributed by atoms with Crippen molar-refractivity contribution < 1.29 is 14.3 Å². The van der Waals surface area contributed by atoms with Gasteiger partial charge in [0.2, 0.25) is 0 Å². The molecule has 1 aliphatic rings. The molecule has 2 aromatic carbocycles. The molecule has 0 amide bonds. The van der Waals surface area contributed by atoms with Crippen LogP contribution in [0.1, 0.15) is 46.7 Å². The van der Waals surface area contributed by atoms with E-state index in [4.69, 9.17) is 4.99 Å². The lowest BCUT2D eigenvalue weighted by Crippen LogP contribution is -2.09. The van der Waals surface area contributed by atoms with Crippen LogP contribution in [0.5, 0.6) is 0 Å². The van der Waals surface area contributed by atoms with Gasteiger partial charge in [-0.05, 0) is 40.5 Å². The Morgan fingerprint density at radius 2 is 1.85 bits per heavy atom. The molecule has 4 rings (SSSR count). The van der Waals surface area contributed by atoms with Gasteiger partial charge in [0.1, 0.15) is 5.82 Å². The SMILES string of the molecule is CCC1N=C(c2ccccc2F)c2ccccc2-n2c(Br)nc(C(=O)O)c21. The number of carboxylic acid groups (broad SMARTS) is 1. The van der Waals surface area contributed by atoms with Crippen molar-refractivity contribution >= 4 is 27.6 Å². The molecular formula is C20H15BrFN3O2. The van der Waals surface area contributed by atoms with E-state index < -0.39 is 12.0 Å². The Bertz CT molecular complexity index is 1090. The van der Waals surface area contributed by atoms with Crippen LogP contribution in [0.2, 0.25) is 0 Å². The minimum absolute atomic E-state index is 0.0536. The maximum Gasteiger partial charge on any atom is 0.356 e. The summed E-state index contributed by atoms with van der Waals surface area (Å²) >= 11 is 3.39. The first-order valence-corrected chi connectivity index (χ1v) is 9.26. The van der Waals surface area contributed by atoms with E-state index in [1.807, 2.05) is 31.2 Å². The average Bonchev–Trinajstić information content (AvgIpc) is 2.93. The van der Waals surface area contributed by atoms with E-state index in [0.717, 1.165) is 5.56 Å². The number of benzene rings is 2. The third-order valence-electron chi connectivity index (χ3n) is 4.59. The molecule has 0 fully saturated rings. The zero-order valence-corrected chi connectivity index (χ0v) is 15.9. The summed E-state index contributed by atoms with van der Waals surface area (Å²) in [6.07, 6.45) is 0.546. The normalized spacial score (nSPS) is 15.5. The van der Waals surface area contributed by atoms with Crippen molar-refractivity contribution in [3.63, 3.8) is 0 Å². The number of rotatable bonds is 3. The summed E-state index contributed by atoms with van der Waals surface area (Å²) in [5.74, 6) is -1.49. The molecule has 2 heterocycles. The van der Waals surface area contributed by atoms with E-state index in [1.54, 1.807) is 22.8 Å². The summed E-state index contributed by atoms with van der Waals surface area (Å²) in [7, 11) is 0. The molecule has 0 saturated heterocycles. The number of hydrogen-bond acceptors (Lipinski definition) is 3. The van der Waals surface area contributed by atoms with Gasteiger partial charge in [-0.15, -0.1) is 0 Å². The van der Waals surface area contributed by atoms with Crippen molar-refractivity contribution in [1.29, 1.82) is 0 Å². The highest BCUT2D eigenvalue weighted by atomic mass is 79.9. The summed E-state index contributed by atoms with van der Waals surface area (Å²) in [5.41, 5.74) is 2.74. The number of halogens is 2. The van der Waals surface area contributed by atoms with Crippen LogP contribution in [0, 0.1) is 5.82 Å². The minimum Gasteiger partial charge on any atom is -0.476 e. The lowest BCUT2D eigenvalue weighted by molar-refractivity contribution is 0.0689. The fourth-order valence-corrected chi connectivity index (χ4v) is 3.97. The van der Waals surface area contributed by atoms with E-state index in [0.29, 0.717) is 33.8 Å². The molecule has 27 heavy (non-hydrogen) atoms. The lowest BCUT2D eigenvalue weighted by atomic mass is 10.00. The number of aromatic nitrogens is 2. The van der Waals surface area contributed by atoms with Crippen LogP contribution >= 0.6 is 15.9 Å². The Morgan fingerprint density at radius 3 is 2.52 bits per heavy atom. The van der Waals surface area contributed by atoms with Crippen molar-refractivity contribution in [1.82, 2.24) is 9.55 Å². The molecule has 1 unspecified atom stereocenters. The molecule has 7 heteroatoms. The summed E-state index contributed by atoms with van der Waals surface area (Å²) < 4.78 is 16.7. The Labute approximate surface area is 163 Å². The van der Waals surface area contributed by atoms with Crippen molar-refractivity contribution in [2.24, 2.45) is 4.99 Å². The van der Waals surface area contributed by atoms with Gasteiger partial charge in [-0.25, -0.2) is 14.2 Å². The third kappa shape index (κ3) is 2.78. The largest absolute Gasteiger partial charge is 0.476 e. The van der Waals surface area contributed by atoms with Gasteiger partial charge in [0.15, 0.2) is 10.4 Å². The highest BCUT2D eigenvalue weighted by Crippen LogP contribution is 2.37. The standard InChI is InChI=1S/C20H15BrFN3O2/c1-2-14-18-17(19(26)27)24-20(21)25(18)15-10-6-4-8-12(15)16(23-14)11-7-3-5-9-13(11)22/h3-10,14H,2H2,1H3,(H,26,27). The molecule has 3 aromatic rings. The third-order valence-corrected chi connectivity index (χ3v) is 5.12. The van der Waals surface area contributed by atoms with Gasteiger partial charge in [-0.3, -0.25) is 9.56 Å². The fraction of sp³-hybridized carbons (Fsp3) is 0.150. The molecule has 0 saturated carbocycles. The first-order chi connectivity index (χ1) is 13.0. The van der Waals surface area contributed by atoms with Gasteiger partial charge >= 0.3 is 5.97 Å². The molecule has 1 aromatic heterocycles. The summed E-state index contributed by atoms with van der Waals surface area (Å²) in [6, 6.07) is 13.4. The first kappa shape index (κ1) is 17.6. The van der Waals surface area contributed by atoms with Crippen LogP contribution in [-0.2, 0) is 0 Å². The van der Waals surface area contributed by atoms with Crippen LogP contribution in [0.25, 0.3) is 5.69 Å². The van der Waals surface area contributed by atoms with E-state index >= 15 is 0 Å². The highest BCUT2D eigenvalue weighted by molar-refractivity contribution is 9.10. The average molecular weight is 428 g/mol. The number of carboxylic acids is 1. The smallest absolute Gasteiger partial charge is 0.356 e. The number of hydrogen-bond donors (Lipinski definition) is 1. The number of carbonyl (C=O) groups is 1. The van der Waals surface area contributed by atoms with Gasteiger partial charge in [0, 0.05) is 11.1 Å². The molecule has 0 spiro atoms. The first-order valence-electron chi connectivity index (χ1n) is 8.46. The van der Waals surface area contributed by atoms with Gasteiger partial charge in [0.05, 0.1) is 23.1 Å². The van der Waals surface area contributed by atoms with Gasteiger partial charge in [0.25, 0.3) is 0 Å². The van der Waals surface area contributed by atoms with Crippen molar-refractivity contribution in [3.8, 4) is 5.69 Å². The molecule has 5 nitrogen and oxygen atoms in total. The fourth-order valence-electron chi connectivity index (χ4n) is 3.41. The second-order valence-electron chi connectivity index (χ2n) is 6.15. The number of nitrogens with zero attached hydrogens (tertiary/aromatic N) is 3. The summed E-state index contributed by atoms with van der Waals surface area (Å²) in [4.78, 5) is 20.8. The van der Waals surface area contributed by atoms with E-state index in [2.05, 4.69) is 20.9 Å².